The fraction of sp³-hybridized carbons (Fsp3) is 0.640. The molecule has 0 radical (unpaired) electrons. The number of nitrogens with two attached hydrogens (primary N) is 2. The number of amides is 6. The van der Waals surface area contributed by atoms with Gasteiger partial charge in [0.1, 0.15) is 24.2 Å². The smallest absolute Gasteiger partial charge is 0.243 e. The second-order valence-corrected chi connectivity index (χ2v) is 10.2. The van der Waals surface area contributed by atoms with Crippen LogP contribution in [0.15, 0.2) is 12.5 Å². The minimum absolute atomic E-state index is 0.00808. The summed E-state index contributed by atoms with van der Waals surface area (Å²) in [5.41, 5.74) is 11.9. The summed E-state index contributed by atoms with van der Waals surface area (Å²) >= 11 is 0. The zero-order valence-corrected chi connectivity index (χ0v) is 23.1. The number of hydrogen-bond acceptors (Lipinski definition) is 8. The van der Waals surface area contributed by atoms with Crippen LogP contribution >= 0.6 is 0 Å². The van der Waals surface area contributed by atoms with Gasteiger partial charge in [0, 0.05) is 25.6 Å². The van der Waals surface area contributed by atoms with E-state index < -0.39 is 59.7 Å². The number of primary amides is 1. The molecule has 5 unspecified atom stereocenters. The third-order valence-corrected chi connectivity index (χ3v) is 6.52. The fourth-order valence-corrected chi connectivity index (χ4v) is 4.05. The molecular weight excluding hydrogens is 522 g/mol. The molecule has 1 aliphatic heterocycles. The second kappa shape index (κ2) is 15.5. The maximum absolute atomic E-state index is 13.1. The number of hydrogen-bond donors (Lipinski definition) is 8. The molecule has 40 heavy (non-hydrogen) atoms. The summed E-state index contributed by atoms with van der Waals surface area (Å²) in [6.45, 7) is 5.18. The second-order valence-electron chi connectivity index (χ2n) is 10.2. The molecule has 5 atom stereocenters. The van der Waals surface area contributed by atoms with Gasteiger partial charge in [0.25, 0.3) is 0 Å². The lowest BCUT2D eigenvalue weighted by Crippen LogP contribution is -2.59. The molecule has 0 bridgehead atoms. The van der Waals surface area contributed by atoms with Crippen molar-refractivity contribution < 1.29 is 28.8 Å². The Morgan fingerprint density at radius 1 is 0.975 bits per heavy atom. The van der Waals surface area contributed by atoms with Crippen LogP contribution in [0.25, 0.3) is 0 Å². The lowest BCUT2D eigenvalue weighted by Gasteiger charge is -2.26. The average Bonchev–Trinajstić information content (AvgIpc) is 3.40. The maximum Gasteiger partial charge on any atom is 0.243 e. The molecule has 2 heterocycles. The summed E-state index contributed by atoms with van der Waals surface area (Å²) in [7, 11) is 0. The predicted octanol–water partition coefficient (Wildman–Crippen LogP) is -2.54. The lowest BCUT2D eigenvalue weighted by atomic mass is 10.0. The third-order valence-electron chi connectivity index (χ3n) is 6.52. The summed E-state index contributed by atoms with van der Waals surface area (Å²) in [5.74, 6) is -3.94. The Labute approximate surface area is 232 Å². The molecule has 15 heteroatoms. The van der Waals surface area contributed by atoms with E-state index >= 15 is 0 Å². The molecule has 6 amide bonds. The van der Waals surface area contributed by atoms with Crippen LogP contribution in [0.3, 0.4) is 0 Å². The van der Waals surface area contributed by atoms with Crippen LogP contribution in [-0.4, -0.2) is 82.2 Å². The number of carbonyl (C=O) groups excluding carboxylic acids is 6. The largest absolute Gasteiger partial charge is 0.368 e. The topological polar surface area (TPSA) is 243 Å². The highest BCUT2D eigenvalue weighted by Gasteiger charge is 2.31. The van der Waals surface area contributed by atoms with Gasteiger partial charge in [-0.25, -0.2) is 4.98 Å². The molecule has 1 aromatic rings. The van der Waals surface area contributed by atoms with Gasteiger partial charge in [-0.3, -0.25) is 28.8 Å². The maximum atomic E-state index is 13.1. The van der Waals surface area contributed by atoms with Crippen molar-refractivity contribution in [2.75, 3.05) is 6.54 Å². The molecule has 0 saturated carbocycles. The van der Waals surface area contributed by atoms with Gasteiger partial charge >= 0.3 is 0 Å². The number of carbonyl (C=O) groups is 6. The minimum atomic E-state index is -1.12. The lowest BCUT2D eigenvalue weighted by molar-refractivity contribution is -0.134. The Morgan fingerprint density at radius 2 is 1.70 bits per heavy atom. The SMILES string of the molecule is CC1NC(=O)C(Cc2c[nH]cn2)NC(=O)C(N)CCC(=O)NCCCCC(C(N)=O)NC(=O)C(C(C)C)NC1=O. The van der Waals surface area contributed by atoms with Gasteiger partial charge in [-0.1, -0.05) is 13.8 Å². The van der Waals surface area contributed by atoms with Crippen LogP contribution in [0.4, 0.5) is 0 Å². The number of H-pyrrole nitrogens is 1. The first-order valence-corrected chi connectivity index (χ1v) is 13.4. The Morgan fingerprint density at radius 3 is 2.33 bits per heavy atom. The zero-order chi connectivity index (χ0) is 29.8. The van der Waals surface area contributed by atoms with Gasteiger partial charge in [0.15, 0.2) is 0 Å². The van der Waals surface area contributed by atoms with Crippen molar-refractivity contribution in [3.63, 3.8) is 0 Å². The Balaban J connectivity index is 2.26. The monoisotopic (exact) mass is 563 g/mol. The number of nitrogens with one attached hydrogen (secondary N) is 6. The first-order chi connectivity index (χ1) is 18.9. The number of rotatable bonds is 4. The number of aromatic nitrogens is 2. The van der Waals surface area contributed by atoms with Gasteiger partial charge in [-0.2, -0.15) is 0 Å². The number of imidazole rings is 1. The first kappa shape index (κ1) is 32.2. The highest BCUT2D eigenvalue weighted by Crippen LogP contribution is 2.07. The Kier molecular flexibility index (Phi) is 12.5. The molecule has 1 saturated heterocycles. The van der Waals surface area contributed by atoms with E-state index in [4.69, 9.17) is 11.5 Å². The molecule has 0 spiro atoms. The summed E-state index contributed by atoms with van der Waals surface area (Å²) in [6, 6.07) is -5.25. The molecule has 10 N–H and O–H groups in total. The average molecular weight is 564 g/mol. The van der Waals surface area contributed by atoms with Crippen molar-refractivity contribution in [2.45, 2.75) is 89.5 Å². The molecule has 1 aromatic heterocycles. The normalized spacial score (nSPS) is 26.9. The first-order valence-electron chi connectivity index (χ1n) is 13.4. The van der Waals surface area contributed by atoms with E-state index in [1.807, 2.05) is 0 Å². The number of nitrogens with zero attached hydrogens (tertiary/aromatic N) is 1. The molecule has 222 valence electrons. The van der Waals surface area contributed by atoms with Gasteiger partial charge < -0.3 is 43.0 Å². The van der Waals surface area contributed by atoms with Crippen molar-refractivity contribution >= 4 is 35.4 Å². The Bertz CT molecular complexity index is 1050. The van der Waals surface area contributed by atoms with Crippen LogP contribution in [0.1, 0.15) is 58.6 Å². The van der Waals surface area contributed by atoms with E-state index in [-0.39, 0.29) is 37.5 Å². The summed E-state index contributed by atoms with van der Waals surface area (Å²) in [6.07, 6.45) is 4.25. The highest BCUT2D eigenvalue weighted by molar-refractivity contribution is 5.95. The van der Waals surface area contributed by atoms with Crippen molar-refractivity contribution in [1.82, 2.24) is 36.6 Å². The van der Waals surface area contributed by atoms with Crippen LogP contribution < -0.4 is 38.1 Å². The Hall–Kier alpha value is -4.01. The van der Waals surface area contributed by atoms with Crippen LogP contribution in [0, 0.1) is 5.92 Å². The van der Waals surface area contributed by atoms with Gasteiger partial charge in [-0.05, 0) is 38.5 Å². The van der Waals surface area contributed by atoms with E-state index in [0.29, 0.717) is 25.1 Å². The zero-order valence-electron chi connectivity index (χ0n) is 23.1. The van der Waals surface area contributed by atoms with Gasteiger partial charge in [0.2, 0.25) is 35.4 Å². The summed E-state index contributed by atoms with van der Waals surface area (Å²) in [4.78, 5) is 82.9. The predicted molar refractivity (Wildman–Crippen MR) is 144 cm³/mol. The number of aromatic amines is 1. The molecule has 1 aliphatic rings. The van der Waals surface area contributed by atoms with E-state index in [2.05, 4.69) is 36.6 Å². The molecule has 0 aliphatic carbocycles. The van der Waals surface area contributed by atoms with Crippen molar-refractivity contribution in [2.24, 2.45) is 17.4 Å². The fourth-order valence-electron chi connectivity index (χ4n) is 4.05. The van der Waals surface area contributed by atoms with E-state index in [1.165, 1.54) is 13.3 Å². The van der Waals surface area contributed by atoms with Crippen LogP contribution in [0.2, 0.25) is 0 Å². The summed E-state index contributed by atoms with van der Waals surface area (Å²) < 4.78 is 0. The van der Waals surface area contributed by atoms with Crippen molar-refractivity contribution in [3.8, 4) is 0 Å². The van der Waals surface area contributed by atoms with Crippen LogP contribution in [-0.2, 0) is 35.2 Å². The van der Waals surface area contributed by atoms with E-state index in [1.54, 1.807) is 20.0 Å². The standard InChI is InChI=1S/C25H41N9O6/c1-13(2)20-25(40)32-17(21(27)36)6-4-5-9-29-19(35)8-7-16(26)23(38)33-18(10-15-11-28-12-30-15)24(39)31-14(3)22(37)34-20/h11-14,16-18,20H,4-10,26H2,1-3H3,(H2,27,36)(H,28,30)(H,29,35)(H,31,39)(H,32,40)(H,33,38)(H,34,37). The van der Waals surface area contributed by atoms with Crippen LogP contribution in [0.5, 0.6) is 0 Å². The van der Waals surface area contributed by atoms with Gasteiger partial charge in [0.05, 0.1) is 18.1 Å². The molecule has 1 fully saturated rings. The summed E-state index contributed by atoms with van der Waals surface area (Å²) in [5, 5.41) is 13.1. The third kappa shape index (κ3) is 10.3. The van der Waals surface area contributed by atoms with E-state index in [9.17, 15) is 28.8 Å². The van der Waals surface area contributed by atoms with E-state index in [0.717, 1.165) is 0 Å². The van der Waals surface area contributed by atoms with Crippen molar-refractivity contribution in [1.29, 1.82) is 0 Å². The molecule has 15 nitrogen and oxygen atoms in total. The molecule has 2 rings (SSSR count). The van der Waals surface area contributed by atoms with Gasteiger partial charge in [-0.15, -0.1) is 0 Å². The van der Waals surface area contributed by atoms with Crippen molar-refractivity contribution in [3.05, 3.63) is 18.2 Å². The molecular formula is C25H41N9O6. The minimum Gasteiger partial charge on any atom is -0.368 e. The highest BCUT2D eigenvalue weighted by atomic mass is 16.2. The quantitative estimate of drug-likeness (QED) is 0.193. The molecule has 0 aromatic carbocycles.